The van der Waals surface area contributed by atoms with Crippen LogP contribution < -0.4 is 0 Å². The van der Waals surface area contributed by atoms with Crippen LogP contribution in [0.4, 0.5) is 0 Å². The minimum absolute atomic E-state index is 0.00360. The van der Waals surface area contributed by atoms with Gasteiger partial charge in [-0.3, -0.25) is 4.79 Å². The molecule has 5 aliphatic carbocycles. The van der Waals surface area contributed by atoms with Crippen LogP contribution in [0.15, 0.2) is 72.3 Å². The molecule has 4 heteroatoms. The van der Waals surface area contributed by atoms with Crippen molar-refractivity contribution in [1.29, 1.82) is 0 Å². The minimum Gasteiger partial charge on any atom is -0.465 e. The van der Waals surface area contributed by atoms with E-state index in [4.69, 9.17) is 9.47 Å². The monoisotopic (exact) mass is 662 g/mol. The van der Waals surface area contributed by atoms with E-state index in [0.29, 0.717) is 24.0 Å². The molecule has 0 aromatic heterocycles. The maximum absolute atomic E-state index is 14.3. The number of methoxy groups -OCH3 is 1. The molecular weight excluding hydrogens is 604 g/mol. The number of hydrogen-bond donors (Lipinski definition) is 0. The van der Waals surface area contributed by atoms with E-state index >= 15 is 0 Å². The van der Waals surface area contributed by atoms with Crippen molar-refractivity contribution in [2.45, 2.75) is 113 Å². The molecule has 7 rings (SSSR count). The van der Waals surface area contributed by atoms with Crippen LogP contribution in [0.5, 0.6) is 0 Å². The van der Waals surface area contributed by atoms with Gasteiger partial charge in [-0.2, -0.15) is 0 Å². The lowest BCUT2D eigenvalue weighted by Gasteiger charge is -2.70. The smallest absolute Gasteiger partial charge is 0.337 e. The van der Waals surface area contributed by atoms with Gasteiger partial charge in [0.1, 0.15) is 6.61 Å². The van der Waals surface area contributed by atoms with Gasteiger partial charge in [-0.25, -0.2) is 4.79 Å². The summed E-state index contributed by atoms with van der Waals surface area (Å²) in [5, 5.41) is 0. The molecular formula is C45H58O4. The van der Waals surface area contributed by atoms with E-state index in [1.807, 2.05) is 30.3 Å². The highest BCUT2D eigenvalue weighted by atomic mass is 16.5. The second-order valence-electron chi connectivity index (χ2n) is 18.5. The number of esters is 2. The first kappa shape index (κ1) is 34.3. The van der Waals surface area contributed by atoms with Crippen LogP contribution in [0, 0.1) is 50.2 Å². The van der Waals surface area contributed by atoms with Crippen molar-refractivity contribution in [3.63, 3.8) is 0 Å². The number of rotatable bonds is 5. The molecule has 0 N–H and O–H groups in total. The lowest BCUT2D eigenvalue weighted by molar-refractivity contribution is -0.182. The molecule has 49 heavy (non-hydrogen) atoms. The Morgan fingerprint density at radius 2 is 1.49 bits per heavy atom. The summed E-state index contributed by atoms with van der Waals surface area (Å²) in [7, 11) is 1.44. The Morgan fingerprint density at radius 1 is 0.796 bits per heavy atom. The van der Waals surface area contributed by atoms with Crippen LogP contribution in [-0.4, -0.2) is 19.0 Å². The molecule has 0 saturated heterocycles. The summed E-state index contributed by atoms with van der Waals surface area (Å²) in [4.78, 5) is 26.5. The van der Waals surface area contributed by atoms with Crippen molar-refractivity contribution in [3.8, 4) is 0 Å². The predicted octanol–water partition coefficient (Wildman–Crippen LogP) is 11.0. The molecule has 2 aromatic carbocycles. The van der Waals surface area contributed by atoms with E-state index in [2.05, 4.69) is 84.9 Å². The molecule has 0 heterocycles. The first-order chi connectivity index (χ1) is 23.1. The number of carbonyl (C=O) groups is 2. The predicted molar refractivity (Wildman–Crippen MR) is 196 cm³/mol. The Bertz CT molecular complexity index is 1680. The van der Waals surface area contributed by atoms with Gasteiger partial charge in [-0.05, 0) is 131 Å². The van der Waals surface area contributed by atoms with Crippen molar-refractivity contribution in [2.24, 2.45) is 50.2 Å². The fraction of sp³-hybridized carbons (Fsp3) is 0.600. The standard InChI is InChI=1S/C45H58O4/c1-40(2)24-26-45(39(47)49-29-30-12-10-9-11-13-30)27-25-43(6)34(35(45)28-40)18-19-37-42(5)22-20-33(31-14-16-32(17-15-31)38(46)48-8)41(3,4)36(42)21-23-44(37,43)7/h9-18,20,35-37H,19,21-29H2,1-8H3/t35-,36-,37+,42-,43+,44+,45-/m0/s1. The van der Waals surface area contributed by atoms with Crippen LogP contribution in [0.1, 0.15) is 128 Å². The molecule has 0 spiro atoms. The van der Waals surface area contributed by atoms with Crippen molar-refractivity contribution >= 4 is 17.5 Å². The van der Waals surface area contributed by atoms with Gasteiger partial charge in [0, 0.05) is 0 Å². The highest BCUT2D eigenvalue weighted by molar-refractivity contribution is 5.90. The van der Waals surface area contributed by atoms with E-state index in [1.165, 1.54) is 31.1 Å². The Balaban J connectivity index is 1.22. The number of allylic oxidation sites excluding steroid dienone is 4. The zero-order valence-corrected chi connectivity index (χ0v) is 31.3. The Morgan fingerprint density at radius 3 is 2.18 bits per heavy atom. The molecule has 2 aromatic rings. The lowest BCUT2D eigenvalue weighted by atomic mass is 9.33. The van der Waals surface area contributed by atoms with Crippen LogP contribution in [0.3, 0.4) is 0 Å². The Kier molecular flexibility index (Phi) is 8.20. The van der Waals surface area contributed by atoms with Gasteiger partial charge in [-0.15, -0.1) is 0 Å². The second kappa shape index (κ2) is 11.7. The largest absolute Gasteiger partial charge is 0.465 e. The SMILES string of the molecule is COC(=O)c1ccc(C2=CC[C@]3(C)[C@H]4CC=C5[C@@H]6CC(C)(C)CC[C@]6(C(=O)OCc6ccccc6)CC[C@@]5(C)[C@]4(C)CC[C@H]3C2(C)C)cc1. The number of fused-ring (bicyclic) bond motifs is 7. The number of carbonyl (C=O) groups excluding carboxylic acids is 2. The molecule has 262 valence electrons. The van der Waals surface area contributed by atoms with Gasteiger partial charge in [-0.1, -0.05) is 109 Å². The summed E-state index contributed by atoms with van der Waals surface area (Å²) < 4.78 is 11.2. The summed E-state index contributed by atoms with van der Waals surface area (Å²) in [5.41, 5.74) is 6.05. The van der Waals surface area contributed by atoms with Crippen LogP contribution in [0.25, 0.3) is 5.57 Å². The van der Waals surface area contributed by atoms with E-state index in [0.717, 1.165) is 50.5 Å². The maximum Gasteiger partial charge on any atom is 0.337 e. The fourth-order valence-electron chi connectivity index (χ4n) is 12.5. The molecule has 0 bridgehead atoms. The maximum atomic E-state index is 14.3. The zero-order chi connectivity index (χ0) is 35.0. The van der Waals surface area contributed by atoms with Crippen LogP contribution in [-0.2, 0) is 20.9 Å². The molecule has 3 fully saturated rings. The van der Waals surface area contributed by atoms with Gasteiger partial charge in [0.05, 0.1) is 18.1 Å². The van der Waals surface area contributed by atoms with Crippen molar-refractivity contribution in [3.05, 3.63) is 89.0 Å². The van der Waals surface area contributed by atoms with Crippen LogP contribution in [0.2, 0.25) is 0 Å². The van der Waals surface area contributed by atoms with E-state index in [-0.39, 0.29) is 44.9 Å². The van der Waals surface area contributed by atoms with Gasteiger partial charge in [0.15, 0.2) is 0 Å². The summed E-state index contributed by atoms with van der Waals surface area (Å²) in [6.07, 6.45) is 14.8. The summed E-state index contributed by atoms with van der Waals surface area (Å²) in [6, 6.07) is 18.2. The molecule has 4 nitrogen and oxygen atoms in total. The molecule has 7 atom stereocenters. The van der Waals surface area contributed by atoms with Gasteiger partial charge >= 0.3 is 11.9 Å². The quantitative estimate of drug-likeness (QED) is 0.236. The van der Waals surface area contributed by atoms with Crippen molar-refractivity contribution < 1.29 is 19.1 Å². The third kappa shape index (κ3) is 5.12. The summed E-state index contributed by atoms with van der Waals surface area (Å²) in [6.45, 7) is 17.9. The van der Waals surface area contributed by atoms with Crippen molar-refractivity contribution in [1.82, 2.24) is 0 Å². The van der Waals surface area contributed by atoms with Crippen molar-refractivity contribution in [2.75, 3.05) is 7.11 Å². The summed E-state index contributed by atoms with van der Waals surface area (Å²) >= 11 is 0. The molecule has 0 amide bonds. The van der Waals surface area contributed by atoms with Gasteiger partial charge in [0.25, 0.3) is 0 Å². The molecule has 0 aliphatic heterocycles. The molecule has 3 saturated carbocycles. The second-order valence-corrected chi connectivity index (χ2v) is 18.5. The first-order valence-corrected chi connectivity index (χ1v) is 18.9. The highest BCUT2D eigenvalue weighted by Crippen LogP contribution is 2.76. The van der Waals surface area contributed by atoms with Gasteiger partial charge < -0.3 is 9.47 Å². The summed E-state index contributed by atoms with van der Waals surface area (Å²) in [5.74, 6) is 1.11. The third-order valence-electron chi connectivity index (χ3n) is 15.5. The van der Waals surface area contributed by atoms with Crippen LogP contribution >= 0.6 is 0 Å². The number of hydrogen-bond acceptors (Lipinski definition) is 4. The number of benzene rings is 2. The Hall–Kier alpha value is -3.14. The van der Waals surface area contributed by atoms with E-state index in [9.17, 15) is 9.59 Å². The molecule has 0 radical (unpaired) electrons. The zero-order valence-electron chi connectivity index (χ0n) is 31.3. The topological polar surface area (TPSA) is 52.6 Å². The molecule has 5 aliphatic rings. The van der Waals surface area contributed by atoms with Gasteiger partial charge in [0.2, 0.25) is 0 Å². The molecule has 0 unspecified atom stereocenters. The van der Waals surface area contributed by atoms with E-state index in [1.54, 1.807) is 5.57 Å². The average molecular weight is 663 g/mol. The third-order valence-corrected chi connectivity index (χ3v) is 15.5. The lowest BCUT2D eigenvalue weighted by Crippen LogP contribution is -2.63. The average Bonchev–Trinajstić information content (AvgIpc) is 3.07. The first-order valence-electron chi connectivity index (χ1n) is 18.9. The Labute approximate surface area is 295 Å². The normalized spacial score (nSPS) is 37.2. The highest BCUT2D eigenvalue weighted by Gasteiger charge is 2.69. The fourth-order valence-corrected chi connectivity index (χ4v) is 12.5. The van der Waals surface area contributed by atoms with E-state index < -0.39 is 5.41 Å². The number of ether oxygens (including phenoxy) is 2. The minimum atomic E-state index is -0.423.